The van der Waals surface area contributed by atoms with Crippen LogP contribution in [0.2, 0.25) is 5.02 Å². The maximum absolute atomic E-state index is 12.0. The summed E-state index contributed by atoms with van der Waals surface area (Å²) < 4.78 is 0. The van der Waals surface area contributed by atoms with Crippen LogP contribution in [0.25, 0.3) is 11.3 Å². The summed E-state index contributed by atoms with van der Waals surface area (Å²) in [6.07, 6.45) is 3.79. The topological polar surface area (TPSA) is 40.5 Å². The smallest absolute Gasteiger partial charge is 0.147 e. The van der Waals surface area contributed by atoms with Gasteiger partial charge in [0.15, 0.2) is 0 Å². The second kappa shape index (κ2) is 6.51. The molecule has 126 valence electrons. The number of rotatable bonds is 3. The highest BCUT2D eigenvalue weighted by Crippen LogP contribution is 2.41. The number of nitrogens with zero attached hydrogens (tertiary/aromatic N) is 1. The van der Waals surface area contributed by atoms with Gasteiger partial charge < -0.3 is 14.8 Å². The molecule has 0 radical (unpaired) electrons. The van der Waals surface area contributed by atoms with Crippen LogP contribution in [0, 0.1) is 0 Å². The van der Waals surface area contributed by atoms with E-state index in [0.717, 1.165) is 47.2 Å². The van der Waals surface area contributed by atoms with Crippen LogP contribution in [0.15, 0.2) is 60.2 Å². The molecule has 3 nitrogen and oxygen atoms in total. The lowest BCUT2D eigenvalue weighted by Gasteiger charge is -2.42. The molecule has 1 unspecified atom stereocenters. The second-order valence-corrected chi connectivity index (χ2v) is 6.76. The predicted octanol–water partition coefficient (Wildman–Crippen LogP) is 3.57. The summed E-state index contributed by atoms with van der Waals surface area (Å²) in [6, 6.07) is 15.4. The van der Waals surface area contributed by atoms with Crippen molar-refractivity contribution in [2.45, 2.75) is 12.5 Å². The lowest BCUT2D eigenvalue weighted by molar-refractivity contribution is -0.110. The van der Waals surface area contributed by atoms with E-state index in [9.17, 15) is 9.90 Å². The Morgan fingerprint density at radius 2 is 2.00 bits per heavy atom. The van der Waals surface area contributed by atoms with Gasteiger partial charge in [0.1, 0.15) is 12.3 Å². The molecule has 25 heavy (non-hydrogen) atoms. The fourth-order valence-electron chi connectivity index (χ4n) is 3.79. The molecular weight excluding hydrogens is 334 g/mol. The van der Waals surface area contributed by atoms with Crippen molar-refractivity contribution in [1.82, 2.24) is 4.90 Å². The molecule has 0 fully saturated rings. The monoisotopic (exact) mass is 351 g/mol. The van der Waals surface area contributed by atoms with Crippen LogP contribution in [0.3, 0.4) is 0 Å². The van der Waals surface area contributed by atoms with Gasteiger partial charge in [0, 0.05) is 22.7 Å². The summed E-state index contributed by atoms with van der Waals surface area (Å²) in [6.45, 7) is 0.654. The number of aliphatic hydroxyl groups is 1. The molecule has 2 aliphatic rings. The van der Waals surface area contributed by atoms with Crippen molar-refractivity contribution in [2.75, 3.05) is 13.2 Å². The highest BCUT2D eigenvalue weighted by Gasteiger charge is 2.34. The van der Waals surface area contributed by atoms with E-state index in [1.807, 2.05) is 54.6 Å². The van der Waals surface area contributed by atoms with Gasteiger partial charge in [-0.05, 0) is 41.3 Å². The summed E-state index contributed by atoms with van der Waals surface area (Å²) >= 11 is 6.21. The Labute approximate surface area is 151 Å². The van der Waals surface area contributed by atoms with Crippen LogP contribution < -0.4 is 0 Å². The van der Waals surface area contributed by atoms with Gasteiger partial charge in [0.05, 0.1) is 12.3 Å². The third-order valence-corrected chi connectivity index (χ3v) is 5.17. The fraction of sp³-hybridized carbons (Fsp3) is 0.190. The van der Waals surface area contributed by atoms with E-state index in [4.69, 9.17) is 11.6 Å². The summed E-state index contributed by atoms with van der Waals surface area (Å²) in [5.41, 5.74) is 5.87. The molecule has 0 amide bonds. The Hall–Kier alpha value is -2.36. The van der Waals surface area contributed by atoms with Crippen LogP contribution in [0.5, 0.6) is 0 Å². The zero-order valence-corrected chi connectivity index (χ0v) is 14.4. The number of carbonyl (C=O) groups is 1. The number of aldehydes is 1. The molecule has 1 N–H and O–H groups in total. The van der Waals surface area contributed by atoms with Gasteiger partial charge in [-0.15, -0.1) is 0 Å². The van der Waals surface area contributed by atoms with E-state index in [1.54, 1.807) is 0 Å². The van der Waals surface area contributed by atoms with E-state index < -0.39 is 0 Å². The first-order valence-corrected chi connectivity index (χ1v) is 8.72. The van der Waals surface area contributed by atoms with Crippen LogP contribution in [-0.2, 0) is 11.2 Å². The number of carbonyl (C=O) groups excluding carboxylic acids is 1. The largest absolute Gasteiger partial charge is 0.392 e. The second-order valence-electron chi connectivity index (χ2n) is 6.32. The minimum Gasteiger partial charge on any atom is -0.392 e. The molecule has 0 aliphatic carbocycles. The molecule has 4 rings (SSSR count). The molecule has 2 heterocycles. The van der Waals surface area contributed by atoms with Crippen molar-refractivity contribution in [3.05, 3.63) is 81.9 Å². The molecular formula is C21H18ClNO2. The zero-order valence-electron chi connectivity index (χ0n) is 13.7. The zero-order chi connectivity index (χ0) is 17.4. The predicted molar refractivity (Wildman–Crippen MR) is 100 cm³/mol. The minimum absolute atomic E-state index is 0.0836. The van der Waals surface area contributed by atoms with Crippen LogP contribution in [0.4, 0.5) is 0 Å². The van der Waals surface area contributed by atoms with Crippen molar-refractivity contribution in [3.63, 3.8) is 0 Å². The molecule has 2 aromatic rings. The molecule has 0 aromatic heterocycles. The number of halogens is 1. The van der Waals surface area contributed by atoms with Crippen molar-refractivity contribution in [3.8, 4) is 0 Å². The highest BCUT2D eigenvalue weighted by atomic mass is 35.5. The summed E-state index contributed by atoms with van der Waals surface area (Å²) in [5, 5.41) is 10.7. The average Bonchev–Trinajstić information content (AvgIpc) is 2.66. The van der Waals surface area contributed by atoms with Gasteiger partial charge >= 0.3 is 0 Å². The van der Waals surface area contributed by atoms with Gasteiger partial charge in [-0.2, -0.15) is 0 Å². The first-order valence-electron chi connectivity index (χ1n) is 8.34. The van der Waals surface area contributed by atoms with Gasteiger partial charge in [-0.25, -0.2) is 0 Å². The number of aliphatic hydroxyl groups excluding tert-OH is 1. The molecule has 2 aliphatic heterocycles. The third-order valence-electron chi connectivity index (χ3n) is 4.93. The van der Waals surface area contributed by atoms with E-state index >= 15 is 0 Å². The first-order chi connectivity index (χ1) is 12.2. The lowest BCUT2D eigenvalue weighted by Crippen LogP contribution is -2.42. The standard InChI is InChI=1S/C21H18ClNO2/c22-17-7-6-15-8-9-23-20(13-25)18(14-4-2-1-3-5-14)10-16(12-24)21(23)19(15)11-17/h1-7,10-11,13,20,24H,8-9,12H2. The van der Waals surface area contributed by atoms with Gasteiger partial charge in [-0.3, -0.25) is 0 Å². The molecule has 0 saturated carbocycles. The normalized spacial score (nSPS) is 19.2. The maximum Gasteiger partial charge on any atom is 0.147 e. The summed E-state index contributed by atoms with van der Waals surface area (Å²) in [7, 11) is 0. The molecule has 0 spiro atoms. The summed E-state index contributed by atoms with van der Waals surface area (Å²) in [5.74, 6) is 0. The molecule has 2 aromatic carbocycles. The third kappa shape index (κ3) is 2.70. The lowest BCUT2D eigenvalue weighted by atomic mass is 9.85. The minimum atomic E-state index is -0.361. The SMILES string of the molecule is O=CC1C(c2ccccc2)=CC(CO)=C2c3cc(Cl)ccc3CCN21. The van der Waals surface area contributed by atoms with Gasteiger partial charge in [-0.1, -0.05) is 48.0 Å². The van der Waals surface area contributed by atoms with E-state index in [2.05, 4.69) is 4.90 Å². The Kier molecular flexibility index (Phi) is 4.20. The Bertz CT molecular complexity index is 886. The fourth-order valence-corrected chi connectivity index (χ4v) is 3.96. The van der Waals surface area contributed by atoms with E-state index in [0.29, 0.717) is 5.02 Å². The average molecular weight is 352 g/mol. The molecule has 1 atom stereocenters. The molecule has 4 heteroatoms. The summed E-state index contributed by atoms with van der Waals surface area (Å²) in [4.78, 5) is 14.1. The van der Waals surface area contributed by atoms with Crippen molar-refractivity contribution in [2.24, 2.45) is 0 Å². The maximum atomic E-state index is 12.0. The van der Waals surface area contributed by atoms with Gasteiger partial charge in [0.2, 0.25) is 0 Å². The molecule has 0 saturated heterocycles. The quantitative estimate of drug-likeness (QED) is 0.859. The number of hydrogen-bond donors (Lipinski definition) is 1. The van der Waals surface area contributed by atoms with Crippen molar-refractivity contribution < 1.29 is 9.90 Å². The van der Waals surface area contributed by atoms with Crippen LogP contribution >= 0.6 is 11.6 Å². The Morgan fingerprint density at radius 3 is 2.72 bits per heavy atom. The van der Waals surface area contributed by atoms with Crippen LogP contribution in [0.1, 0.15) is 16.7 Å². The highest BCUT2D eigenvalue weighted by molar-refractivity contribution is 6.30. The number of benzene rings is 2. The Balaban J connectivity index is 1.94. The van der Waals surface area contributed by atoms with Crippen molar-refractivity contribution in [1.29, 1.82) is 0 Å². The number of fused-ring (bicyclic) bond motifs is 3. The van der Waals surface area contributed by atoms with E-state index in [1.165, 1.54) is 5.56 Å². The Morgan fingerprint density at radius 1 is 1.20 bits per heavy atom. The van der Waals surface area contributed by atoms with Crippen molar-refractivity contribution >= 4 is 29.2 Å². The van der Waals surface area contributed by atoms with Crippen LogP contribution in [-0.4, -0.2) is 35.5 Å². The van der Waals surface area contributed by atoms with Gasteiger partial charge in [0.25, 0.3) is 0 Å². The van der Waals surface area contributed by atoms with E-state index in [-0.39, 0.29) is 12.6 Å². The number of hydrogen-bond acceptors (Lipinski definition) is 3. The molecule has 0 bridgehead atoms. The first kappa shape index (κ1) is 16.1.